The van der Waals surface area contributed by atoms with E-state index < -0.39 is 5.54 Å². The standard InChI is InChI=1S/C14H29N3O/c1-4-8-16-14(3,13(15)18)7-5-9-17-10-6-12(2)11-17/h12,16H,4-11H2,1-3H3,(H2,15,18). The second kappa shape index (κ2) is 7.10. The lowest BCUT2D eigenvalue weighted by atomic mass is 9.94. The smallest absolute Gasteiger partial charge is 0.237 e. The van der Waals surface area contributed by atoms with E-state index in [-0.39, 0.29) is 5.91 Å². The quantitative estimate of drug-likeness (QED) is 0.688. The fourth-order valence-electron chi connectivity index (χ4n) is 2.59. The molecule has 1 heterocycles. The molecule has 0 radical (unpaired) electrons. The van der Waals surface area contributed by atoms with Crippen molar-refractivity contribution in [3.05, 3.63) is 0 Å². The molecule has 1 aliphatic heterocycles. The Kier molecular flexibility index (Phi) is 6.09. The van der Waals surface area contributed by atoms with Crippen LogP contribution >= 0.6 is 0 Å². The third-order valence-corrected chi connectivity index (χ3v) is 3.97. The van der Waals surface area contributed by atoms with E-state index in [0.29, 0.717) is 0 Å². The van der Waals surface area contributed by atoms with Crippen LogP contribution in [0.5, 0.6) is 0 Å². The summed E-state index contributed by atoms with van der Waals surface area (Å²) in [6.45, 7) is 10.7. The van der Waals surface area contributed by atoms with E-state index in [2.05, 4.69) is 24.1 Å². The zero-order valence-corrected chi connectivity index (χ0v) is 12.2. The molecule has 0 spiro atoms. The van der Waals surface area contributed by atoms with E-state index in [0.717, 1.165) is 38.3 Å². The van der Waals surface area contributed by atoms with E-state index in [4.69, 9.17) is 5.73 Å². The van der Waals surface area contributed by atoms with Crippen LogP contribution in [0.15, 0.2) is 0 Å². The number of nitrogens with two attached hydrogens (primary N) is 1. The number of likely N-dealkylation sites (tertiary alicyclic amines) is 1. The first-order valence-electron chi connectivity index (χ1n) is 7.25. The number of hydrogen-bond acceptors (Lipinski definition) is 3. The predicted molar refractivity (Wildman–Crippen MR) is 75.3 cm³/mol. The third kappa shape index (κ3) is 4.58. The van der Waals surface area contributed by atoms with E-state index in [1.807, 2.05) is 6.92 Å². The van der Waals surface area contributed by atoms with Gasteiger partial charge in [-0.25, -0.2) is 0 Å². The average Bonchev–Trinajstić information content (AvgIpc) is 2.72. The molecule has 0 aromatic carbocycles. The Labute approximate surface area is 111 Å². The summed E-state index contributed by atoms with van der Waals surface area (Å²) in [5, 5.41) is 3.29. The van der Waals surface area contributed by atoms with Gasteiger partial charge >= 0.3 is 0 Å². The Hall–Kier alpha value is -0.610. The van der Waals surface area contributed by atoms with Crippen molar-refractivity contribution < 1.29 is 4.79 Å². The summed E-state index contributed by atoms with van der Waals surface area (Å²) in [5.41, 5.74) is 4.97. The molecule has 0 bridgehead atoms. The zero-order valence-electron chi connectivity index (χ0n) is 12.2. The van der Waals surface area contributed by atoms with Gasteiger partial charge in [-0.15, -0.1) is 0 Å². The fourth-order valence-corrected chi connectivity index (χ4v) is 2.59. The van der Waals surface area contributed by atoms with Gasteiger partial charge in [0.25, 0.3) is 0 Å². The van der Waals surface area contributed by atoms with Gasteiger partial charge < -0.3 is 16.0 Å². The number of carbonyl (C=O) groups is 1. The van der Waals surface area contributed by atoms with Gasteiger partial charge in [-0.2, -0.15) is 0 Å². The molecule has 4 nitrogen and oxygen atoms in total. The molecule has 1 saturated heterocycles. The summed E-state index contributed by atoms with van der Waals surface area (Å²) in [7, 11) is 0. The number of primary amides is 1. The molecule has 1 rings (SSSR count). The monoisotopic (exact) mass is 255 g/mol. The van der Waals surface area contributed by atoms with Gasteiger partial charge in [-0.3, -0.25) is 4.79 Å². The third-order valence-electron chi connectivity index (χ3n) is 3.97. The molecule has 0 saturated carbocycles. The van der Waals surface area contributed by atoms with Gasteiger partial charge in [0.1, 0.15) is 0 Å². The van der Waals surface area contributed by atoms with Crippen LogP contribution in [0, 0.1) is 5.92 Å². The topological polar surface area (TPSA) is 58.4 Å². The van der Waals surface area contributed by atoms with Crippen LogP contribution in [0.25, 0.3) is 0 Å². The second-order valence-electron chi connectivity index (χ2n) is 5.92. The number of nitrogens with zero attached hydrogens (tertiary/aromatic N) is 1. The number of rotatable bonds is 8. The molecule has 0 aromatic heterocycles. The van der Waals surface area contributed by atoms with Gasteiger partial charge in [0.05, 0.1) is 5.54 Å². The Morgan fingerprint density at radius 2 is 2.28 bits per heavy atom. The predicted octanol–water partition coefficient (Wildman–Crippen LogP) is 1.35. The molecule has 3 N–H and O–H groups in total. The molecular weight excluding hydrogens is 226 g/mol. The van der Waals surface area contributed by atoms with Gasteiger partial charge in [-0.05, 0) is 58.2 Å². The van der Waals surface area contributed by atoms with Crippen LogP contribution in [-0.4, -0.2) is 42.5 Å². The molecule has 1 fully saturated rings. The van der Waals surface area contributed by atoms with E-state index >= 15 is 0 Å². The van der Waals surface area contributed by atoms with Crippen LogP contribution in [0.4, 0.5) is 0 Å². The normalized spacial score (nSPS) is 24.1. The van der Waals surface area contributed by atoms with Crippen molar-refractivity contribution in [3.63, 3.8) is 0 Å². The van der Waals surface area contributed by atoms with Gasteiger partial charge in [0, 0.05) is 6.54 Å². The molecule has 2 atom stereocenters. The van der Waals surface area contributed by atoms with Gasteiger partial charge in [0.15, 0.2) is 0 Å². The Balaban J connectivity index is 2.31. The van der Waals surface area contributed by atoms with Crippen molar-refractivity contribution in [1.82, 2.24) is 10.2 Å². The Bertz CT molecular complexity index is 270. The van der Waals surface area contributed by atoms with Crippen LogP contribution in [0.3, 0.4) is 0 Å². The molecule has 106 valence electrons. The summed E-state index contributed by atoms with van der Waals surface area (Å²) in [5.74, 6) is 0.594. The highest BCUT2D eigenvalue weighted by molar-refractivity contribution is 5.84. The van der Waals surface area contributed by atoms with Gasteiger partial charge in [-0.1, -0.05) is 13.8 Å². The molecule has 1 amide bonds. The molecule has 18 heavy (non-hydrogen) atoms. The van der Waals surface area contributed by atoms with E-state index in [9.17, 15) is 4.79 Å². The summed E-state index contributed by atoms with van der Waals surface area (Å²) in [6.07, 6.45) is 4.18. The SMILES string of the molecule is CCCNC(C)(CCCN1CCC(C)C1)C(N)=O. The van der Waals surface area contributed by atoms with Crippen LogP contribution in [0.1, 0.15) is 46.5 Å². The summed E-state index contributed by atoms with van der Waals surface area (Å²) < 4.78 is 0. The lowest BCUT2D eigenvalue weighted by Crippen LogP contribution is -2.53. The number of amides is 1. The van der Waals surface area contributed by atoms with Crippen molar-refractivity contribution in [2.75, 3.05) is 26.2 Å². The second-order valence-corrected chi connectivity index (χ2v) is 5.92. The van der Waals surface area contributed by atoms with E-state index in [1.165, 1.54) is 19.5 Å². The Morgan fingerprint density at radius 1 is 1.56 bits per heavy atom. The molecule has 0 aliphatic carbocycles. The summed E-state index contributed by atoms with van der Waals surface area (Å²) in [4.78, 5) is 14.0. The maximum Gasteiger partial charge on any atom is 0.237 e. The number of hydrogen-bond donors (Lipinski definition) is 2. The largest absolute Gasteiger partial charge is 0.368 e. The lowest BCUT2D eigenvalue weighted by Gasteiger charge is -2.28. The minimum atomic E-state index is -0.540. The maximum absolute atomic E-state index is 11.6. The average molecular weight is 255 g/mol. The lowest BCUT2D eigenvalue weighted by molar-refractivity contribution is -0.124. The van der Waals surface area contributed by atoms with Crippen molar-refractivity contribution in [1.29, 1.82) is 0 Å². The van der Waals surface area contributed by atoms with Crippen molar-refractivity contribution in [3.8, 4) is 0 Å². The highest BCUT2D eigenvalue weighted by Crippen LogP contribution is 2.17. The number of carbonyl (C=O) groups excluding carboxylic acids is 1. The zero-order chi connectivity index (χ0) is 13.6. The summed E-state index contributed by atoms with van der Waals surface area (Å²) in [6, 6.07) is 0. The van der Waals surface area contributed by atoms with Crippen molar-refractivity contribution >= 4 is 5.91 Å². The van der Waals surface area contributed by atoms with Crippen molar-refractivity contribution in [2.45, 2.75) is 52.0 Å². The van der Waals surface area contributed by atoms with Crippen LogP contribution in [-0.2, 0) is 4.79 Å². The number of nitrogens with one attached hydrogen (secondary N) is 1. The molecule has 1 aliphatic rings. The molecule has 0 aromatic rings. The molecule has 2 unspecified atom stereocenters. The summed E-state index contributed by atoms with van der Waals surface area (Å²) >= 11 is 0. The minimum absolute atomic E-state index is 0.231. The van der Waals surface area contributed by atoms with Gasteiger partial charge in [0.2, 0.25) is 5.91 Å². The first-order valence-corrected chi connectivity index (χ1v) is 7.25. The highest BCUT2D eigenvalue weighted by atomic mass is 16.1. The van der Waals surface area contributed by atoms with Crippen LogP contribution in [0.2, 0.25) is 0 Å². The van der Waals surface area contributed by atoms with Crippen molar-refractivity contribution in [2.24, 2.45) is 11.7 Å². The highest BCUT2D eigenvalue weighted by Gasteiger charge is 2.30. The maximum atomic E-state index is 11.6. The first kappa shape index (κ1) is 15.4. The first-order chi connectivity index (χ1) is 8.48. The minimum Gasteiger partial charge on any atom is -0.368 e. The molecular formula is C14H29N3O. The molecule has 4 heteroatoms. The van der Waals surface area contributed by atoms with E-state index in [1.54, 1.807) is 0 Å². The fraction of sp³-hybridized carbons (Fsp3) is 0.929. The Morgan fingerprint density at radius 3 is 2.78 bits per heavy atom. The van der Waals surface area contributed by atoms with Crippen LogP contribution < -0.4 is 11.1 Å².